The van der Waals surface area contributed by atoms with E-state index < -0.39 is 0 Å². The van der Waals surface area contributed by atoms with Crippen molar-refractivity contribution >= 4 is 5.97 Å². The van der Waals surface area contributed by atoms with Crippen molar-refractivity contribution < 1.29 is 51.8 Å². The van der Waals surface area contributed by atoms with Crippen molar-refractivity contribution in [1.82, 2.24) is 0 Å². The normalized spacial score (nSPS) is 7.89. The Labute approximate surface area is 82.4 Å². The van der Waals surface area contributed by atoms with Crippen LogP contribution in [0.1, 0.15) is 12.8 Å². The summed E-state index contributed by atoms with van der Waals surface area (Å²) in [5.41, 5.74) is 0. The van der Waals surface area contributed by atoms with E-state index in [9.17, 15) is 4.79 Å². The van der Waals surface area contributed by atoms with Gasteiger partial charge in [-0.15, -0.1) is 0 Å². The molecule has 0 amide bonds. The van der Waals surface area contributed by atoms with E-state index in [1.54, 1.807) is 0 Å². The third kappa shape index (κ3) is 8.82. The summed E-state index contributed by atoms with van der Waals surface area (Å²) < 4.78 is 4.43. The van der Waals surface area contributed by atoms with Gasteiger partial charge in [-0.1, -0.05) is 0 Å². The van der Waals surface area contributed by atoms with E-state index >= 15 is 0 Å². The maximum absolute atomic E-state index is 10.4. The zero-order valence-corrected chi connectivity index (χ0v) is 10.6. The van der Waals surface area contributed by atoms with E-state index in [1.165, 1.54) is 30.4 Å². The van der Waals surface area contributed by atoms with Crippen molar-refractivity contribution in [2.75, 3.05) is 7.11 Å². The number of methoxy groups -OCH3 is 1. The smallest absolute Gasteiger partial charge is 1.00 e. The number of esters is 1. The Hall–Kier alpha value is 0.823. The topological polar surface area (TPSA) is 26.3 Å². The Bertz CT molecular complexity index is 77.4. The Morgan fingerprint density at radius 2 is 2.22 bits per heavy atom. The minimum atomic E-state index is -0.0848. The standard InChI is InChI=1S/C5H9O2.HI.Zn/c1-3-4-5(6)7-2;;/h1,3-4H2,2H3;1H;/q;;+1/p-1. The summed E-state index contributed by atoms with van der Waals surface area (Å²) in [4.78, 5) is 10.4. The quantitative estimate of drug-likeness (QED) is 0.339. The largest absolute Gasteiger partial charge is 1.00 e. The third-order valence-corrected chi connectivity index (χ3v) is 1.91. The number of carbonyl (C=O) groups excluding carboxylic acids is 1. The maximum Gasteiger partial charge on any atom is -1.00 e. The van der Waals surface area contributed by atoms with Gasteiger partial charge in [0.25, 0.3) is 0 Å². The van der Waals surface area contributed by atoms with Crippen LogP contribution >= 0.6 is 0 Å². The number of hydrogen-bond acceptors (Lipinski definition) is 2. The SMILES string of the molecule is COC(=O)CC[CH2][Zn+].[I-]. The van der Waals surface area contributed by atoms with Gasteiger partial charge < -0.3 is 24.0 Å². The molecule has 0 aliphatic heterocycles. The van der Waals surface area contributed by atoms with Crippen LogP contribution in [0.15, 0.2) is 0 Å². The van der Waals surface area contributed by atoms with Crippen molar-refractivity contribution in [3.05, 3.63) is 0 Å². The second-order valence-electron chi connectivity index (χ2n) is 1.53. The molecule has 0 aliphatic rings. The molecule has 9 heavy (non-hydrogen) atoms. The van der Waals surface area contributed by atoms with E-state index in [4.69, 9.17) is 0 Å². The molecule has 0 aromatic heterocycles. The summed E-state index contributed by atoms with van der Waals surface area (Å²) in [5.74, 6) is -0.0848. The molecule has 0 saturated heterocycles. The molecule has 0 unspecified atom stereocenters. The van der Waals surface area contributed by atoms with Crippen LogP contribution in [0.5, 0.6) is 0 Å². The van der Waals surface area contributed by atoms with Crippen LogP contribution in [0.3, 0.4) is 0 Å². The fourth-order valence-corrected chi connectivity index (χ4v) is 0.896. The first-order chi connectivity index (χ1) is 3.81. The Morgan fingerprint density at radius 3 is 2.56 bits per heavy atom. The molecule has 0 radical (unpaired) electrons. The molecule has 0 rings (SSSR count). The molecule has 0 bridgehead atoms. The van der Waals surface area contributed by atoms with Crippen LogP contribution in [-0.4, -0.2) is 13.1 Å². The number of ether oxygens (including phenoxy) is 1. The van der Waals surface area contributed by atoms with Gasteiger partial charge in [0, 0.05) is 0 Å². The van der Waals surface area contributed by atoms with E-state index in [2.05, 4.69) is 4.74 Å². The van der Waals surface area contributed by atoms with Crippen LogP contribution in [0.25, 0.3) is 0 Å². The van der Waals surface area contributed by atoms with E-state index in [0.29, 0.717) is 6.42 Å². The van der Waals surface area contributed by atoms with Gasteiger partial charge in [-0.3, -0.25) is 0 Å². The second-order valence-corrected chi connectivity index (χ2v) is 3.02. The molecule has 2 nitrogen and oxygen atoms in total. The van der Waals surface area contributed by atoms with Gasteiger partial charge in [0.15, 0.2) is 0 Å². The molecular formula is C5H9IO2Zn. The molecule has 0 fully saturated rings. The van der Waals surface area contributed by atoms with E-state index in [1.807, 2.05) is 0 Å². The van der Waals surface area contributed by atoms with Crippen LogP contribution in [0.4, 0.5) is 0 Å². The molecule has 0 N–H and O–H groups in total. The average Bonchev–Trinajstić information content (AvgIpc) is 1.83. The Morgan fingerprint density at radius 1 is 1.67 bits per heavy atom. The summed E-state index contributed by atoms with van der Waals surface area (Å²) in [7, 11) is 1.42. The van der Waals surface area contributed by atoms with Crippen molar-refractivity contribution in [3.8, 4) is 0 Å². The summed E-state index contributed by atoms with van der Waals surface area (Å²) in [6, 6.07) is 0. The molecule has 0 atom stereocenters. The monoisotopic (exact) mass is 292 g/mol. The fraction of sp³-hybridized carbons (Fsp3) is 0.800. The van der Waals surface area contributed by atoms with Crippen molar-refractivity contribution in [2.24, 2.45) is 0 Å². The summed E-state index contributed by atoms with van der Waals surface area (Å²) >= 11 is 1.27. The fourth-order valence-electron chi connectivity index (χ4n) is 0.371. The van der Waals surface area contributed by atoms with Crippen LogP contribution in [-0.2, 0) is 27.8 Å². The molecular weight excluding hydrogens is 284 g/mol. The summed E-state index contributed by atoms with van der Waals surface area (Å²) in [5, 5.41) is 1.18. The molecule has 0 aliphatic carbocycles. The Balaban J connectivity index is 0. The first kappa shape index (κ1) is 12.5. The number of hydrogen-bond donors (Lipinski definition) is 0. The molecule has 0 heterocycles. The molecule has 4 heteroatoms. The molecule has 0 aromatic carbocycles. The third-order valence-electron chi connectivity index (χ3n) is 0.859. The van der Waals surface area contributed by atoms with Gasteiger partial charge in [0.2, 0.25) is 0 Å². The summed E-state index contributed by atoms with van der Waals surface area (Å²) in [6.07, 6.45) is 1.59. The van der Waals surface area contributed by atoms with Gasteiger partial charge in [-0.05, 0) is 0 Å². The van der Waals surface area contributed by atoms with Crippen LogP contribution in [0.2, 0.25) is 5.02 Å². The van der Waals surface area contributed by atoms with Crippen molar-refractivity contribution in [1.29, 1.82) is 0 Å². The zero-order valence-electron chi connectivity index (χ0n) is 5.52. The summed E-state index contributed by atoms with van der Waals surface area (Å²) in [6.45, 7) is 0. The van der Waals surface area contributed by atoms with Gasteiger partial charge in [-0.2, -0.15) is 0 Å². The van der Waals surface area contributed by atoms with Crippen molar-refractivity contribution in [3.63, 3.8) is 0 Å². The van der Waals surface area contributed by atoms with Gasteiger partial charge >= 0.3 is 58.8 Å². The number of carbonyl (C=O) groups is 1. The first-order valence-corrected chi connectivity index (χ1v) is 4.77. The van der Waals surface area contributed by atoms with E-state index in [-0.39, 0.29) is 29.9 Å². The van der Waals surface area contributed by atoms with Gasteiger partial charge in [0.1, 0.15) is 0 Å². The molecule has 50 valence electrons. The molecule has 0 spiro atoms. The first-order valence-electron chi connectivity index (χ1n) is 2.67. The van der Waals surface area contributed by atoms with E-state index in [0.717, 1.165) is 6.42 Å². The minimum absolute atomic E-state index is 0. The average molecular weight is 293 g/mol. The second kappa shape index (κ2) is 8.82. The minimum Gasteiger partial charge on any atom is -1.00 e. The van der Waals surface area contributed by atoms with Gasteiger partial charge in [0.05, 0.1) is 0 Å². The van der Waals surface area contributed by atoms with Crippen LogP contribution in [0, 0.1) is 0 Å². The zero-order chi connectivity index (χ0) is 6.41. The van der Waals surface area contributed by atoms with Crippen LogP contribution < -0.4 is 24.0 Å². The van der Waals surface area contributed by atoms with Gasteiger partial charge in [-0.25, -0.2) is 0 Å². The number of rotatable bonds is 3. The predicted octanol–water partition coefficient (Wildman–Crippen LogP) is -2.09. The Kier molecular flexibility index (Phi) is 12.2. The molecule has 0 aromatic rings. The molecule has 0 saturated carbocycles. The number of halogens is 1. The maximum atomic E-state index is 10.4. The van der Waals surface area contributed by atoms with Crippen molar-refractivity contribution in [2.45, 2.75) is 17.9 Å². The predicted molar refractivity (Wildman–Crippen MR) is 26.1 cm³/mol.